The number of hydrogen-bond acceptors (Lipinski definition) is 5. The summed E-state index contributed by atoms with van der Waals surface area (Å²) in [5, 5.41) is 8.72. The number of rotatable bonds is 9. The summed E-state index contributed by atoms with van der Waals surface area (Å²) in [6, 6.07) is 4.52. The Hall–Kier alpha value is -1.64. The third kappa shape index (κ3) is 5.70. The first kappa shape index (κ1) is 17.4. The molecule has 1 rings (SSSR count). The molecular formula is C13H19NO6S. The van der Waals surface area contributed by atoms with Crippen molar-refractivity contribution in [1.29, 1.82) is 0 Å². The van der Waals surface area contributed by atoms with Gasteiger partial charge in [-0.05, 0) is 38.1 Å². The molecule has 0 radical (unpaired) electrons. The molecule has 0 saturated heterocycles. The summed E-state index contributed by atoms with van der Waals surface area (Å²) >= 11 is 0. The summed E-state index contributed by atoms with van der Waals surface area (Å²) in [6.45, 7) is 4.56. The van der Waals surface area contributed by atoms with Crippen LogP contribution >= 0.6 is 0 Å². The fourth-order valence-corrected chi connectivity index (χ4v) is 2.63. The standard InChI is InChI=1S/C13H19NO6S/c1-3-19-8-9-20-11-4-6-12(7-5-11)21(17,18)14-10(2)13(15)16/h4-7,10,14H,3,8-9H2,1-2H3,(H,15,16)/t10-/m0/s1. The van der Waals surface area contributed by atoms with Gasteiger partial charge in [0.25, 0.3) is 0 Å². The van der Waals surface area contributed by atoms with Crippen LogP contribution in [0.15, 0.2) is 29.2 Å². The molecule has 0 heterocycles. The fourth-order valence-electron chi connectivity index (χ4n) is 1.43. The number of hydrogen-bond donors (Lipinski definition) is 2. The van der Waals surface area contributed by atoms with E-state index in [4.69, 9.17) is 14.6 Å². The molecule has 7 nitrogen and oxygen atoms in total. The number of sulfonamides is 1. The largest absolute Gasteiger partial charge is 0.491 e. The Morgan fingerprint density at radius 3 is 2.43 bits per heavy atom. The van der Waals surface area contributed by atoms with Crippen LogP contribution in [0.5, 0.6) is 5.75 Å². The fraction of sp³-hybridized carbons (Fsp3) is 0.462. The number of nitrogens with one attached hydrogen (secondary N) is 1. The smallest absolute Gasteiger partial charge is 0.321 e. The van der Waals surface area contributed by atoms with Crippen LogP contribution in [0.3, 0.4) is 0 Å². The topological polar surface area (TPSA) is 102 Å². The van der Waals surface area contributed by atoms with E-state index in [0.29, 0.717) is 25.6 Å². The maximum absolute atomic E-state index is 11.9. The predicted octanol–water partition coefficient (Wildman–Crippen LogP) is 0.853. The lowest BCUT2D eigenvalue weighted by atomic mass is 10.3. The van der Waals surface area contributed by atoms with Gasteiger partial charge in [-0.25, -0.2) is 8.42 Å². The number of carboxylic acids is 1. The maximum atomic E-state index is 11.9. The normalized spacial score (nSPS) is 12.9. The average Bonchev–Trinajstić information content (AvgIpc) is 2.43. The SMILES string of the molecule is CCOCCOc1ccc(S(=O)(=O)N[C@@H](C)C(=O)O)cc1. The molecule has 8 heteroatoms. The molecule has 0 aromatic heterocycles. The van der Waals surface area contributed by atoms with E-state index in [2.05, 4.69) is 4.72 Å². The van der Waals surface area contributed by atoms with E-state index in [-0.39, 0.29) is 4.90 Å². The molecule has 0 saturated carbocycles. The predicted molar refractivity (Wildman–Crippen MR) is 75.8 cm³/mol. The molecule has 118 valence electrons. The van der Waals surface area contributed by atoms with Crippen molar-refractivity contribution < 1.29 is 27.8 Å². The molecule has 1 aromatic rings. The van der Waals surface area contributed by atoms with E-state index in [1.54, 1.807) is 0 Å². The Balaban J connectivity index is 2.66. The Morgan fingerprint density at radius 1 is 1.29 bits per heavy atom. The second-order valence-corrected chi connectivity index (χ2v) is 5.91. The highest BCUT2D eigenvalue weighted by Crippen LogP contribution is 2.16. The molecule has 0 aliphatic heterocycles. The zero-order chi connectivity index (χ0) is 15.9. The lowest BCUT2D eigenvalue weighted by Crippen LogP contribution is -2.38. The second-order valence-electron chi connectivity index (χ2n) is 4.20. The highest BCUT2D eigenvalue weighted by Gasteiger charge is 2.21. The number of benzene rings is 1. The van der Waals surface area contributed by atoms with Crippen molar-refractivity contribution in [2.24, 2.45) is 0 Å². The average molecular weight is 317 g/mol. The van der Waals surface area contributed by atoms with Crippen molar-refractivity contribution in [1.82, 2.24) is 4.72 Å². The summed E-state index contributed by atoms with van der Waals surface area (Å²) < 4.78 is 36.4. The van der Waals surface area contributed by atoms with E-state index < -0.39 is 22.0 Å². The second kappa shape index (κ2) is 7.96. The van der Waals surface area contributed by atoms with Gasteiger partial charge in [0, 0.05) is 6.61 Å². The van der Waals surface area contributed by atoms with Crippen LogP contribution in [0.4, 0.5) is 0 Å². The zero-order valence-corrected chi connectivity index (χ0v) is 12.7. The van der Waals surface area contributed by atoms with Crippen molar-refractivity contribution in [2.45, 2.75) is 24.8 Å². The highest BCUT2D eigenvalue weighted by molar-refractivity contribution is 7.89. The van der Waals surface area contributed by atoms with E-state index in [1.165, 1.54) is 31.2 Å². The summed E-state index contributed by atoms with van der Waals surface area (Å²) in [5.41, 5.74) is 0. The lowest BCUT2D eigenvalue weighted by molar-refractivity contribution is -0.138. The van der Waals surface area contributed by atoms with Crippen molar-refractivity contribution >= 4 is 16.0 Å². The van der Waals surface area contributed by atoms with Crippen molar-refractivity contribution in [3.63, 3.8) is 0 Å². The van der Waals surface area contributed by atoms with Gasteiger partial charge in [-0.1, -0.05) is 0 Å². The first-order valence-corrected chi connectivity index (χ1v) is 7.91. The molecule has 0 unspecified atom stereocenters. The van der Waals surface area contributed by atoms with Crippen LogP contribution < -0.4 is 9.46 Å². The third-order valence-corrected chi connectivity index (χ3v) is 4.09. The zero-order valence-electron chi connectivity index (χ0n) is 11.9. The maximum Gasteiger partial charge on any atom is 0.321 e. The summed E-state index contributed by atoms with van der Waals surface area (Å²) in [6.07, 6.45) is 0. The molecule has 0 amide bonds. The molecule has 0 aliphatic rings. The third-order valence-electron chi connectivity index (χ3n) is 2.54. The van der Waals surface area contributed by atoms with Crippen LogP contribution in [-0.2, 0) is 19.6 Å². The first-order valence-electron chi connectivity index (χ1n) is 6.42. The number of carbonyl (C=O) groups is 1. The van der Waals surface area contributed by atoms with Gasteiger partial charge in [0.1, 0.15) is 18.4 Å². The van der Waals surface area contributed by atoms with E-state index >= 15 is 0 Å². The summed E-state index contributed by atoms with van der Waals surface area (Å²) in [4.78, 5) is 10.7. The Kier molecular flexibility index (Phi) is 6.60. The molecule has 0 spiro atoms. The minimum atomic E-state index is -3.86. The monoisotopic (exact) mass is 317 g/mol. The van der Waals surface area contributed by atoms with Gasteiger partial charge >= 0.3 is 5.97 Å². The molecule has 1 atom stereocenters. The van der Waals surface area contributed by atoms with Gasteiger partial charge in [0.2, 0.25) is 10.0 Å². The quantitative estimate of drug-likeness (QED) is 0.655. The number of aliphatic carboxylic acids is 1. The number of ether oxygens (including phenoxy) is 2. The molecule has 1 aromatic carbocycles. The van der Waals surface area contributed by atoms with E-state index in [0.717, 1.165) is 0 Å². The molecular weight excluding hydrogens is 298 g/mol. The van der Waals surface area contributed by atoms with Gasteiger partial charge in [-0.15, -0.1) is 0 Å². The van der Waals surface area contributed by atoms with Gasteiger partial charge in [0.15, 0.2) is 0 Å². The van der Waals surface area contributed by atoms with Gasteiger partial charge in [-0.3, -0.25) is 4.79 Å². The molecule has 0 bridgehead atoms. The first-order chi connectivity index (χ1) is 9.86. The van der Waals surface area contributed by atoms with Gasteiger partial charge in [0.05, 0.1) is 11.5 Å². The van der Waals surface area contributed by atoms with Gasteiger partial charge < -0.3 is 14.6 Å². The Labute approximate surface area is 123 Å². The van der Waals surface area contributed by atoms with E-state index in [9.17, 15) is 13.2 Å². The summed E-state index contributed by atoms with van der Waals surface area (Å²) in [5.74, 6) is -0.727. The van der Waals surface area contributed by atoms with Crippen LogP contribution in [-0.4, -0.2) is 45.4 Å². The van der Waals surface area contributed by atoms with Crippen LogP contribution in [0, 0.1) is 0 Å². The minimum Gasteiger partial charge on any atom is -0.491 e. The molecule has 0 aliphatic carbocycles. The minimum absolute atomic E-state index is 0.0206. The number of carboxylic acid groups (broad SMARTS) is 1. The van der Waals surface area contributed by atoms with Crippen LogP contribution in [0.2, 0.25) is 0 Å². The van der Waals surface area contributed by atoms with Crippen molar-refractivity contribution in [3.8, 4) is 5.75 Å². The van der Waals surface area contributed by atoms with Crippen LogP contribution in [0.25, 0.3) is 0 Å². The van der Waals surface area contributed by atoms with Gasteiger partial charge in [-0.2, -0.15) is 4.72 Å². The Morgan fingerprint density at radius 2 is 1.90 bits per heavy atom. The van der Waals surface area contributed by atoms with Crippen molar-refractivity contribution in [3.05, 3.63) is 24.3 Å². The van der Waals surface area contributed by atoms with Crippen LogP contribution in [0.1, 0.15) is 13.8 Å². The lowest BCUT2D eigenvalue weighted by Gasteiger charge is -2.11. The van der Waals surface area contributed by atoms with Crippen molar-refractivity contribution in [2.75, 3.05) is 19.8 Å². The molecule has 21 heavy (non-hydrogen) atoms. The summed E-state index contributed by atoms with van der Waals surface area (Å²) in [7, 11) is -3.86. The molecule has 0 fully saturated rings. The molecule has 2 N–H and O–H groups in total. The Bertz CT molecular complexity index is 555. The highest BCUT2D eigenvalue weighted by atomic mass is 32.2. The van der Waals surface area contributed by atoms with E-state index in [1.807, 2.05) is 6.92 Å².